The fraction of sp³-hybridized carbons (Fsp3) is 0.0303. The van der Waals surface area contributed by atoms with E-state index < -0.39 is 0 Å². The molecule has 6 nitrogen and oxygen atoms in total. The maximum atomic E-state index is 8.99. The lowest BCUT2D eigenvalue weighted by molar-refractivity contribution is 1.07. The van der Waals surface area contributed by atoms with Gasteiger partial charge in [0.2, 0.25) is 0 Å². The molecule has 13 rings (SSSR count). The maximum Gasteiger partial charge on any atom is 0.197 e. The van der Waals surface area contributed by atoms with Gasteiger partial charge < -0.3 is 9.13 Å². The van der Waals surface area contributed by atoms with E-state index in [1.165, 1.54) is 22.3 Å². The molecule has 0 aliphatic heterocycles. The molecule has 0 aliphatic rings. The molecule has 10 aromatic carbocycles. The quantitative estimate of drug-likeness (QED) is 0.143. The zero-order chi connectivity index (χ0) is 48.3. The van der Waals surface area contributed by atoms with Crippen LogP contribution in [0.3, 0.4) is 0 Å². The molecule has 0 spiro atoms. The molecule has 3 aromatic heterocycles. The van der Waals surface area contributed by atoms with Crippen LogP contribution in [-0.4, -0.2) is 24.1 Å². The van der Waals surface area contributed by atoms with Crippen molar-refractivity contribution in [1.29, 1.82) is 0 Å². The molecule has 6 heteroatoms. The summed E-state index contributed by atoms with van der Waals surface area (Å²) in [7, 11) is 0. The molecule has 0 N–H and O–H groups in total. The van der Waals surface area contributed by atoms with Crippen molar-refractivity contribution in [2.75, 3.05) is 0 Å². The van der Waals surface area contributed by atoms with Crippen LogP contribution in [0.5, 0.6) is 0 Å². The Morgan fingerprint density at radius 2 is 0.750 bits per heavy atom. The van der Waals surface area contributed by atoms with Crippen molar-refractivity contribution in [3.05, 3.63) is 253 Å². The van der Waals surface area contributed by atoms with Crippen LogP contribution in [0.25, 0.3) is 127 Å². The van der Waals surface area contributed by atoms with Gasteiger partial charge in [0.15, 0.2) is 23.2 Å². The van der Waals surface area contributed by atoms with E-state index in [1.807, 2.05) is 72.8 Å². The number of aromatic nitrogens is 5. The van der Waals surface area contributed by atoms with Crippen molar-refractivity contribution < 1.29 is 0 Å². The summed E-state index contributed by atoms with van der Waals surface area (Å²) in [6.45, 7) is 13.3. The summed E-state index contributed by atoms with van der Waals surface area (Å²) in [5, 5.41) is 4.51. The number of para-hydroxylation sites is 2. The Kier molecular flexibility index (Phi) is 10.2. The molecular formula is C66H44N6. The third-order valence-electron chi connectivity index (χ3n) is 14.1. The van der Waals surface area contributed by atoms with Crippen molar-refractivity contribution >= 4 is 49.3 Å². The number of hydrogen-bond donors (Lipinski definition) is 0. The van der Waals surface area contributed by atoms with Crippen LogP contribution >= 0.6 is 0 Å². The van der Waals surface area contributed by atoms with Crippen molar-refractivity contribution in [2.45, 2.75) is 13.8 Å². The molecule has 3 heterocycles. The molecule has 338 valence electrons. The smallest absolute Gasteiger partial charge is 0.197 e. The summed E-state index contributed by atoms with van der Waals surface area (Å²) in [4.78, 5) is 20.2. The molecule has 0 aliphatic carbocycles. The second-order valence-electron chi connectivity index (χ2n) is 18.3. The second kappa shape index (κ2) is 17.4. The van der Waals surface area contributed by atoms with E-state index in [4.69, 9.17) is 21.5 Å². The fourth-order valence-corrected chi connectivity index (χ4v) is 10.8. The van der Waals surface area contributed by atoms with E-state index in [2.05, 4.69) is 186 Å². The first-order chi connectivity index (χ1) is 35.5. The van der Waals surface area contributed by atoms with Gasteiger partial charge in [-0.15, -0.1) is 0 Å². The number of aryl methyl sites for hydroxylation is 2. The minimum absolute atomic E-state index is 0.498. The SMILES string of the molecule is [C-]#[N+]c1cccc(-n2c3ccccc3c3cc(-c4ccccc4C)ccc32)c1-c1c(-c2nc(-c3ccccc3)nc(-c3ccccc3)n2)cccc1-n1c2ccccc2c2cc(-c3ccccc3C)ccc21. The first-order valence-corrected chi connectivity index (χ1v) is 24.2. The van der Waals surface area contributed by atoms with Crippen molar-refractivity contribution in [3.63, 3.8) is 0 Å². The lowest BCUT2D eigenvalue weighted by Crippen LogP contribution is -2.06. The summed E-state index contributed by atoms with van der Waals surface area (Å²) < 4.78 is 4.71. The van der Waals surface area contributed by atoms with Gasteiger partial charge in [-0.1, -0.05) is 182 Å². The highest BCUT2D eigenvalue weighted by atomic mass is 15.0. The number of hydrogen-bond acceptors (Lipinski definition) is 3. The molecule has 13 aromatic rings. The van der Waals surface area contributed by atoms with Crippen LogP contribution in [0.1, 0.15) is 11.1 Å². The Morgan fingerprint density at radius 1 is 0.333 bits per heavy atom. The van der Waals surface area contributed by atoms with Gasteiger partial charge in [0, 0.05) is 55.0 Å². The zero-order valence-corrected chi connectivity index (χ0v) is 39.6. The van der Waals surface area contributed by atoms with Crippen LogP contribution in [0.4, 0.5) is 5.69 Å². The topological polar surface area (TPSA) is 52.9 Å². The van der Waals surface area contributed by atoms with E-state index in [0.29, 0.717) is 23.2 Å². The monoisotopic (exact) mass is 920 g/mol. The highest BCUT2D eigenvalue weighted by Crippen LogP contribution is 2.49. The Balaban J connectivity index is 1.16. The van der Waals surface area contributed by atoms with Crippen molar-refractivity contribution in [2.24, 2.45) is 0 Å². The van der Waals surface area contributed by atoms with Gasteiger partial charge in [0.25, 0.3) is 0 Å². The van der Waals surface area contributed by atoms with Crippen LogP contribution in [0.15, 0.2) is 231 Å². The maximum absolute atomic E-state index is 8.99. The molecule has 0 radical (unpaired) electrons. The van der Waals surface area contributed by atoms with Gasteiger partial charge in [-0.25, -0.2) is 19.8 Å². The average molecular weight is 921 g/mol. The lowest BCUT2D eigenvalue weighted by atomic mass is 9.93. The number of rotatable bonds is 8. The van der Waals surface area contributed by atoms with Gasteiger partial charge >= 0.3 is 0 Å². The van der Waals surface area contributed by atoms with E-state index in [9.17, 15) is 0 Å². The zero-order valence-electron chi connectivity index (χ0n) is 39.6. The van der Waals surface area contributed by atoms with Crippen LogP contribution in [0.2, 0.25) is 0 Å². The van der Waals surface area contributed by atoms with Crippen molar-refractivity contribution in [3.8, 4) is 78.9 Å². The molecule has 0 saturated carbocycles. The minimum atomic E-state index is 0.498. The normalized spacial score (nSPS) is 11.5. The molecule has 0 atom stereocenters. The minimum Gasteiger partial charge on any atom is -0.310 e. The van der Waals surface area contributed by atoms with Crippen LogP contribution < -0.4 is 0 Å². The summed E-state index contributed by atoms with van der Waals surface area (Å²) in [5.41, 5.74) is 17.7. The van der Waals surface area contributed by atoms with E-state index >= 15 is 0 Å². The molecule has 0 amide bonds. The van der Waals surface area contributed by atoms with Gasteiger partial charge in [-0.2, -0.15) is 0 Å². The highest BCUT2D eigenvalue weighted by molar-refractivity contribution is 6.14. The molecular weight excluding hydrogens is 877 g/mol. The number of fused-ring (bicyclic) bond motifs is 6. The van der Waals surface area contributed by atoms with Gasteiger partial charge in [0.05, 0.1) is 34.3 Å². The Hall–Kier alpha value is -9.70. The lowest BCUT2D eigenvalue weighted by Gasteiger charge is -2.22. The van der Waals surface area contributed by atoms with Gasteiger partial charge in [0.1, 0.15) is 0 Å². The predicted octanol–water partition coefficient (Wildman–Crippen LogP) is 17.2. The average Bonchev–Trinajstić information content (AvgIpc) is 3.95. The Labute approximate surface area is 417 Å². The molecule has 0 saturated heterocycles. The molecule has 0 unspecified atom stereocenters. The summed E-state index contributed by atoms with van der Waals surface area (Å²) >= 11 is 0. The highest BCUT2D eigenvalue weighted by Gasteiger charge is 2.27. The summed E-state index contributed by atoms with van der Waals surface area (Å²) in [5.74, 6) is 1.61. The molecule has 0 bridgehead atoms. The van der Waals surface area contributed by atoms with Crippen LogP contribution in [-0.2, 0) is 0 Å². The predicted molar refractivity (Wildman–Crippen MR) is 297 cm³/mol. The molecule has 0 fully saturated rings. The van der Waals surface area contributed by atoms with Crippen LogP contribution in [0, 0.1) is 20.4 Å². The van der Waals surface area contributed by atoms with E-state index in [1.54, 1.807) is 0 Å². The summed E-state index contributed by atoms with van der Waals surface area (Å²) in [6, 6.07) is 80.6. The van der Waals surface area contributed by atoms with E-state index in [-0.39, 0.29) is 0 Å². The van der Waals surface area contributed by atoms with Gasteiger partial charge in [-0.3, -0.25) is 0 Å². The second-order valence-corrected chi connectivity index (χ2v) is 18.3. The third kappa shape index (κ3) is 6.98. The first kappa shape index (κ1) is 42.4. The third-order valence-corrected chi connectivity index (χ3v) is 14.1. The Morgan fingerprint density at radius 3 is 1.26 bits per heavy atom. The van der Waals surface area contributed by atoms with Gasteiger partial charge in [-0.05, 0) is 95.8 Å². The van der Waals surface area contributed by atoms with Crippen molar-refractivity contribution in [1.82, 2.24) is 24.1 Å². The fourth-order valence-electron chi connectivity index (χ4n) is 10.8. The largest absolute Gasteiger partial charge is 0.310 e. The number of nitrogens with zero attached hydrogens (tertiary/aromatic N) is 6. The Bertz CT molecular complexity index is 4250. The summed E-state index contributed by atoms with van der Waals surface area (Å²) in [6.07, 6.45) is 0. The van der Waals surface area contributed by atoms with E-state index in [0.717, 1.165) is 93.9 Å². The first-order valence-electron chi connectivity index (χ1n) is 24.2. The number of benzene rings is 10. The standard InChI is InChI=1S/C66H44N6/c1-42-20-10-12-26-48(42)46-36-38-58-53(40-46)50-28-14-16-32-56(50)71(58)60-34-18-30-52(66-69-64(44-22-6-4-7-23-44)68-65(70-66)45-24-8-5-9-25-45)62(60)63-55(67-3)31-19-35-61(63)72-57-33-17-15-29-51(57)54-41-47(37-39-59(54)72)49-27-13-11-21-43(49)2/h4-41H,1-2H3. The molecule has 72 heavy (non-hydrogen) atoms.